The first-order valence-electron chi connectivity index (χ1n) is 6.57. The number of aromatic nitrogens is 3. The van der Waals surface area contributed by atoms with Gasteiger partial charge in [-0.05, 0) is 44.0 Å². The van der Waals surface area contributed by atoms with Gasteiger partial charge >= 0.3 is 0 Å². The molecule has 18 heavy (non-hydrogen) atoms. The van der Waals surface area contributed by atoms with E-state index in [1.165, 1.54) is 12.8 Å². The van der Waals surface area contributed by atoms with Crippen molar-refractivity contribution in [1.29, 1.82) is 0 Å². The van der Waals surface area contributed by atoms with Crippen LogP contribution in [0.2, 0.25) is 0 Å². The van der Waals surface area contributed by atoms with Crippen molar-refractivity contribution in [2.75, 3.05) is 13.1 Å². The SMILES string of the molecule is c1cncc(-c2cnc(CC3CCNCC3)[nH]2)c1. The first-order valence-corrected chi connectivity index (χ1v) is 6.57. The van der Waals surface area contributed by atoms with E-state index in [-0.39, 0.29) is 0 Å². The van der Waals surface area contributed by atoms with E-state index in [0.717, 1.165) is 42.5 Å². The van der Waals surface area contributed by atoms with E-state index in [4.69, 9.17) is 0 Å². The molecule has 0 aromatic carbocycles. The number of pyridine rings is 1. The molecule has 0 spiro atoms. The Hall–Kier alpha value is -1.68. The monoisotopic (exact) mass is 242 g/mol. The third-order valence-electron chi connectivity index (χ3n) is 3.54. The first kappa shape index (κ1) is 11.4. The molecular formula is C14H18N4. The highest BCUT2D eigenvalue weighted by Gasteiger charge is 2.15. The Bertz CT molecular complexity index is 486. The average molecular weight is 242 g/mol. The molecular weight excluding hydrogens is 224 g/mol. The van der Waals surface area contributed by atoms with Crippen LogP contribution in [0.1, 0.15) is 18.7 Å². The zero-order chi connectivity index (χ0) is 12.2. The molecule has 4 nitrogen and oxygen atoms in total. The second kappa shape index (κ2) is 5.31. The number of nitrogens with one attached hydrogen (secondary N) is 2. The minimum absolute atomic E-state index is 0.763. The van der Waals surface area contributed by atoms with Crippen molar-refractivity contribution in [2.45, 2.75) is 19.3 Å². The molecule has 0 aliphatic carbocycles. The molecule has 1 aliphatic heterocycles. The molecule has 0 saturated carbocycles. The Balaban J connectivity index is 1.69. The minimum Gasteiger partial charge on any atom is -0.342 e. The number of H-pyrrole nitrogens is 1. The maximum atomic E-state index is 4.48. The van der Waals surface area contributed by atoms with Crippen LogP contribution in [0.3, 0.4) is 0 Å². The van der Waals surface area contributed by atoms with Crippen LogP contribution in [-0.2, 0) is 6.42 Å². The van der Waals surface area contributed by atoms with Crippen LogP contribution >= 0.6 is 0 Å². The summed E-state index contributed by atoms with van der Waals surface area (Å²) in [5.74, 6) is 1.86. The highest BCUT2D eigenvalue weighted by atomic mass is 14.9. The lowest BCUT2D eigenvalue weighted by Gasteiger charge is -2.21. The summed E-state index contributed by atoms with van der Waals surface area (Å²) < 4.78 is 0. The van der Waals surface area contributed by atoms with Gasteiger partial charge in [-0.2, -0.15) is 0 Å². The van der Waals surface area contributed by atoms with Gasteiger partial charge in [0.2, 0.25) is 0 Å². The lowest BCUT2D eigenvalue weighted by Crippen LogP contribution is -2.28. The van der Waals surface area contributed by atoms with Gasteiger partial charge < -0.3 is 10.3 Å². The summed E-state index contributed by atoms with van der Waals surface area (Å²) in [4.78, 5) is 12.0. The van der Waals surface area contributed by atoms with Gasteiger partial charge in [0, 0.05) is 24.4 Å². The van der Waals surface area contributed by atoms with Gasteiger partial charge in [-0.15, -0.1) is 0 Å². The Kier molecular flexibility index (Phi) is 3.37. The molecule has 0 radical (unpaired) electrons. The van der Waals surface area contributed by atoms with E-state index in [9.17, 15) is 0 Å². The molecule has 0 unspecified atom stereocenters. The highest BCUT2D eigenvalue weighted by molar-refractivity contribution is 5.56. The van der Waals surface area contributed by atoms with E-state index in [1.54, 1.807) is 6.20 Å². The second-order valence-corrected chi connectivity index (χ2v) is 4.88. The number of rotatable bonds is 3. The van der Waals surface area contributed by atoms with Crippen molar-refractivity contribution in [1.82, 2.24) is 20.3 Å². The number of hydrogen-bond acceptors (Lipinski definition) is 3. The summed E-state index contributed by atoms with van der Waals surface area (Å²) in [6.45, 7) is 2.28. The van der Waals surface area contributed by atoms with Gasteiger partial charge in [0.05, 0.1) is 11.9 Å². The first-order chi connectivity index (χ1) is 8.92. The van der Waals surface area contributed by atoms with Crippen molar-refractivity contribution in [2.24, 2.45) is 5.92 Å². The number of aromatic amines is 1. The quantitative estimate of drug-likeness (QED) is 0.865. The average Bonchev–Trinajstić information content (AvgIpc) is 2.89. The fraction of sp³-hybridized carbons (Fsp3) is 0.429. The molecule has 2 aromatic heterocycles. The predicted octanol–water partition coefficient (Wildman–Crippen LogP) is 2.01. The van der Waals surface area contributed by atoms with E-state index in [0.29, 0.717) is 0 Å². The van der Waals surface area contributed by atoms with Crippen molar-refractivity contribution < 1.29 is 0 Å². The zero-order valence-electron chi connectivity index (χ0n) is 10.4. The fourth-order valence-corrected chi connectivity index (χ4v) is 2.49. The molecule has 3 heterocycles. The Morgan fingerprint density at radius 1 is 1.22 bits per heavy atom. The summed E-state index contributed by atoms with van der Waals surface area (Å²) >= 11 is 0. The summed E-state index contributed by atoms with van der Waals surface area (Å²) in [5.41, 5.74) is 2.16. The smallest absolute Gasteiger partial charge is 0.106 e. The van der Waals surface area contributed by atoms with Gasteiger partial charge in [0.25, 0.3) is 0 Å². The molecule has 1 fully saturated rings. The molecule has 2 aromatic rings. The highest BCUT2D eigenvalue weighted by Crippen LogP contribution is 2.19. The Morgan fingerprint density at radius 3 is 2.89 bits per heavy atom. The normalized spacial score (nSPS) is 16.9. The third-order valence-corrected chi connectivity index (χ3v) is 3.54. The van der Waals surface area contributed by atoms with Crippen LogP contribution in [0, 0.1) is 5.92 Å². The lowest BCUT2D eigenvalue weighted by atomic mass is 9.94. The molecule has 0 bridgehead atoms. The van der Waals surface area contributed by atoms with Crippen LogP contribution in [0.25, 0.3) is 11.3 Å². The predicted molar refractivity (Wildman–Crippen MR) is 71.1 cm³/mol. The van der Waals surface area contributed by atoms with Gasteiger partial charge in [0.15, 0.2) is 0 Å². The molecule has 1 aliphatic rings. The molecule has 2 N–H and O–H groups in total. The maximum absolute atomic E-state index is 4.48. The van der Waals surface area contributed by atoms with Crippen LogP contribution < -0.4 is 5.32 Å². The van der Waals surface area contributed by atoms with Crippen LogP contribution in [-0.4, -0.2) is 28.0 Å². The Labute approximate surface area is 107 Å². The van der Waals surface area contributed by atoms with Gasteiger partial charge in [-0.25, -0.2) is 4.98 Å². The third kappa shape index (κ3) is 2.59. The van der Waals surface area contributed by atoms with Crippen molar-refractivity contribution in [3.63, 3.8) is 0 Å². The van der Waals surface area contributed by atoms with Crippen molar-refractivity contribution >= 4 is 0 Å². The maximum Gasteiger partial charge on any atom is 0.106 e. The molecule has 0 amide bonds. The lowest BCUT2D eigenvalue weighted by molar-refractivity contribution is 0.368. The summed E-state index contributed by atoms with van der Waals surface area (Å²) in [7, 11) is 0. The minimum atomic E-state index is 0.763. The van der Waals surface area contributed by atoms with E-state index in [1.807, 2.05) is 18.5 Å². The number of piperidine rings is 1. The van der Waals surface area contributed by atoms with Gasteiger partial charge in [0.1, 0.15) is 5.82 Å². The van der Waals surface area contributed by atoms with E-state index < -0.39 is 0 Å². The van der Waals surface area contributed by atoms with Gasteiger partial charge in [-0.3, -0.25) is 4.98 Å². The number of nitrogens with zero attached hydrogens (tertiary/aromatic N) is 2. The summed E-state index contributed by atoms with van der Waals surface area (Å²) in [6, 6.07) is 4.00. The molecule has 4 heteroatoms. The second-order valence-electron chi connectivity index (χ2n) is 4.88. The molecule has 1 saturated heterocycles. The molecule has 3 rings (SSSR count). The van der Waals surface area contributed by atoms with Gasteiger partial charge in [-0.1, -0.05) is 0 Å². The topological polar surface area (TPSA) is 53.6 Å². The van der Waals surface area contributed by atoms with Crippen LogP contribution in [0.5, 0.6) is 0 Å². The summed E-state index contributed by atoms with van der Waals surface area (Å²) in [6.07, 6.45) is 9.12. The fourth-order valence-electron chi connectivity index (χ4n) is 2.49. The van der Waals surface area contributed by atoms with E-state index in [2.05, 4.69) is 26.3 Å². The Morgan fingerprint density at radius 2 is 2.11 bits per heavy atom. The molecule has 0 atom stereocenters. The van der Waals surface area contributed by atoms with Crippen molar-refractivity contribution in [3.05, 3.63) is 36.5 Å². The van der Waals surface area contributed by atoms with E-state index >= 15 is 0 Å². The number of hydrogen-bond donors (Lipinski definition) is 2. The number of imidazole rings is 1. The van der Waals surface area contributed by atoms with Crippen molar-refractivity contribution in [3.8, 4) is 11.3 Å². The zero-order valence-corrected chi connectivity index (χ0v) is 10.4. The van der Waals surface area contributed by atoms with Crippen LogP contribution in [0.4, 0.5) is 0 Å². The van der Waals surface area contributed by atoms with Crippen LogP contribution in [0.15, 0.2) is 30.7 Å². The standard InChI is InChI=1S/C14H18N4/c1-2-12(9-16-5-1)13-10-17-14(18-13)8-11-3-6-15-7-4-11/h1-2,5,9-11,15H,3-4,6-8H2,(H,17,18). The largest absolute Gasteiger partial charge is 0.342 e. The molecule has 94 valence electrons. The summed E-state index contributed by atoms with van der Waals surface area (Å²) in [5, 5.41) is 3.39.